The Balaban J connectivity index is 1.33. The van der Waals surface area contributed by atoms with Crippen molar-refractivity contribution < 1.29 is 19.0 Å². The van der Waals surface area contributed by atoms with Crippen LogP contribution in [-0.2, 0) is 17.8 Å². The highest BCUT2D eigenvalue weighted by Crippen LogP contribution is 2.27. The van der Waals surface area contributed by atoms with Gasteiger partial charge in [-0.3, -0.25) is 4.98 Å². The zero-order chi connectivity index (χ0) is 23.8. The normalized spacial score (nSPS) is 10.5. The van der Waals surface area contributed by atoms with Crippen LogP contribution in [0, 0.1) is 6.92 Å². The van der Waals surface area contributed by atoms with E-state index in [1.165, 1.54) is 12.7 Å². The minimum Gasteiger partial charge on any atom is -0.493 e. The summed E-state index contributed by atoms with van der Waals surface area (Å²) in [4.78, 5) is 16.1. The van der Waals surface area contributed by atoms with Crippen molar-refractivity contribution in [1.29, 1.82) is 0 Å². The summed E-state index contributed by atoms with van der Waals surface area (Å²) >= 11 is 0. The molecular weight excluding hydrogens is 426 g/mol. The molecule has 0 aliphatic heterocycles. The predicted octanol–water partition coefficient (Wildman–Crippen LogP) is 6.04. The molecule has 34 heavy (non-hydrogen) atoms. The van der Waals surface area contributed by atoms with Crippen molar-refractivity contribution in [3.8, 4) is 22.6 Å². The molecule has 4 rings (SSSR count). The molecule has 172 valence electrons. The van der Waals surface area contributed by atoms with E-state index in [1.54, 1.807) is 18.5 Å². The molecule has 0 amide bonds. The molecule has 5 nitrogen and oxygen atoms in total. The van der Waals surface area contributed by atoms with Gasteiger partial charge >= 0.3 is 5.97 Å². The maximum absolute atomic E-state index is 11.8. The summed E-state index contributed by atoms with van der Waals surface area (Å²) in [6, 6.07) is 25.7. The van der Waals surface area contributed by atoms with Crippen LogP contribution >= 0.6 is 0 Å². The molecule has 3 aromatic carbocycles. The zero-order valence-electron chi connectivity index (χ0n) is 19.4. The number of ether oxygens (including phenoxy) is 3. The summed E-state index contributed by atoms with van der Waals surface area (Å²) < 4.78 is 16.6. The van der Waals surface area contributed by atoms with Gasteiger partial charge in [0.05, 0.1) is 25.5 Å². The Morgan fingerprint density at radius 2 is 1.62 bits per heavy atom. The Hall–Kier alpha value is -4.12. The first kappa shape index (κ1) is 23.1. The van der Waals surface area contributed by atoms with Crippen molar-refractivity contribution >= 4 is 5.97 Å². The second-order valence-corrected chi connectivity index (χ2v) is 7.95. The van der Waals surface area contributed by atoms with Gasteiger partial charge < -0.3 is 14.2 Å². The van der Waals surface area contributed by atoms with E-state index < -0.39 is 0 Å². The molecule has 0 unspecified atom stereocenters. The number of aromatic nitrogens is 1. The number of pyridine rings is 1. The van der Waals surface area contributed by atoms with Crippen molar-refractivity contribution in [2.45, 2.75) is 20.0 Å². The van der Waals surface area contributed by atoms with Gasteiger partial charge in [-0.15, -0.1) is 0 Å². The average Bonchev–Trinajstić information content (AvgIpc) is 2.88. The van der Waals surface area contributed by atoms with Gasteiger partial charge in [-0.1, -0.05) is 48.5 Å². The second kappa shape index (κ2) is 11.1. The van der Waals surface area contributed by atoms with Crippen molar-refractivity contribution in [2.75, 3.05) is 13.7 Å². The first-order valence-electron chi connectivity index (χ1n) is 11.2. The van der Waals surface area contributed by atoms with Crippen LogP contribution in [0.2, 0.25) is 0 Å². The van der Waals surface area contributed by atoms with Crippen LogP contribution in [0.25, 0.3) is 11.1 Å². The van der Waals surface area contributed by atoms with E-state index in [2.05, 4.69) is 17.1 Å². The summed E-state index contributed by atoms with van der Waals surface area (Å²) in [6.45, 7) is 3.02. The van der Waals surface area contributed by atoms with E-state index in [0.717, 1.165) is 34.4 Å². The summed E-state index contributed by atoms with van der Waals surface area (Å²) in [7, 11) is 1.38. The second-order valence-electron chi connectivity index (χ2n) is 7.95. The lowest BCUT2D eigenvalue weighted by Crippen LogP contribution is -2.02. The molecule has 4 aromatic rings. The fourth-order valence-corrected chi connectivity index (χ4v) is 3.66. The lowest BCUT2D eigenvalue weighted by Gasteiger charge is -2.11. The molecule has 5 heteroatoms. The van der Waals surface area contributed by atoms with E-state index >= 15 is 0 Å². The van der Waals surface area contributed by atoms with Crippen LogP contribution in [0.5, 0.6) is 11.5 Å². The molecule has 0 fully saturated rings. The maximum atomic E-state index is 11.8. The van der Waals surface area contributed by atoms with Gasteiger partial charge in [-0.25, -0.2) is 4.79 Å². The Morgan fingerprint density at radius 3 is 2.35 bits per heavy atom. The highest BCUT2D eigenvalue weighted by molar-refractivity contribution is 5.90. The van der Waals surface area contributed by atoms with Crippen LogP contribution < -0.4 is 9.47 Å². The number of carbonyl (C=O) groups excluding carboxylic acids is 1. The summed E-state index contributed by atoms with van der Waals surface area (Å²) in [5.74, 6) is 1.17. The van der Waals surface area contributed by atoms with Gasteiger partial charge in [0.25, 0.3) is 0 Å². The summed E-state index contributed by atoms with van der Waals surface area (Å²) in [5, 5.41) is 0. The van der Waals surface area contributed by atoms with Gasteiger partial charge in [0.2, 0.25) is 0 Å². The van der Waals surface area contributed by atoms with E-state index in [0.29, 0.717) is 24.5 Å². The third kappa shape index (κ3) is 6.01. The van der Waals surface area contributed by atoms with Crippen LogP contribution in [0.3, 0.4) is 0 Å². The Bertz CT molecular complexity index is 1240. The molecule has 0 spiro atoms. The Kier molecular flexibility index (Phi) is 7.56. The molecule has 0 atom stereocenters. The van der Waals surface area contributed by atoms with Crippen LogP contribution in [0.1, 0.15) is 27.0 Å². The number of esters is 1. The lowest BCUT2D eigenvalue weighted by atomic mass is 9.99. The molecule has 1 heterocycles. The van der Waals surface area contributed by atoms with Crippen LogP contribution in [0.4, 0.5) is 0 Å². The zero-order valence-corrected chi connectivity index (χ0v) is 19.4. The number of hydrogen-bond acceptors (Lipinski definition) is 5. The molecule has 0 bridgehead atoms. The minimum atomic E-state index is -0.350. The fraction of sp³-hybridized carbons (Fsp3) is 0.172. The van der Waals surface area contributed by atoms with Crippen molar-refractivity contribution in [1.82, 2.24) is 4.98 Å². The van der Waals surface area contributed by atoms with E-state index in [4.69, 9.17) is 14.2 Å². The smallest absolute Gasteiger partial charge is 0.337 e. The molecule has 0 aliphatic carbocycles. The molecule has 0 saturated heterocycles. The Labute approximate surface area is 200 Å². The number of hydrogen-bond donors (Lipinski definition) is 0. The average molecular weight is 454 g/mol. The first-order chi connectivity index (χ1) is 16.6. The van der Waals surface area contributed by atoms with Gasteiger partial charge in [0, 0.05) is 18.2 Å². The summed E-state index contributed by atoms with van der Waals surface area (Å²) in [5.41, 5.74) is 5.70. The molecule has 0 aliphatic rings. The van der Waals surface area contributed by atoms with E-state index in [9.17, 15) is 4.79 Å². The molecule has 0 saturated carbocycles. The highest BCUT2D eigenvalue weighted by atomic mass is 16.5. The number of carbonyl (C=O) groups is 1. The van der Waals surface area contributed by atoms with E-state index in [-0.39, 0.29) is 5.97 Å². The van der Waals surface area contributed by atoms with Gasteiger partial charge in [0.15, 0.2) is 0 Å². The van der Waals surface area contributed by atoms with Gasteiger partial charge in [-0.2, -0.15) is 0 Å². The number of methoxy groups -OCH3 is 1. The largest absolute Gasteiger partial charge is 0.493 e. The topological polar surface area (TPSA) is 57.7 Å². The van der Waals surface area contributed by atoms with E-state index in [1.807, 2.05) is 67.6 Å². The molecular formula is C29H27NO4. The Morgan fingerprint density at radius 1 is 0.824 bits per heavy atom. The predicted molar refractivity (Wildman–Crippen MR) is 132 cm³/mol. The molecule has 0 N–H and O–H groups in total. The molecule has 1 aromatic heterocycles. The fourth-order valence-electron chi connectivity index (χ4n) is 3.66. The van der Waals surface area contributed by atoms with Crippen molar-refractivity contribution in [3.05, 3.63) is 114 Å². The maximum Gasteiger partial charge on any atom is 0.337 e. The third-order valence-corrected chi connectivity index (χ3v) is 5.50. The van der Waals surface area contributed by atoms with Crippen molar-refractivity contribution in [2.24, 2.45) is 0 Å². The SMILES string of the molecule is COC(=O)c1ccc(-c2cncc(OCc3ccc(OCCc4ccccc4)cc3)c2)c(C)c1. The lowest BCUT2D eigenvalue weighted by molar-refractivity contribution is 0.0600. The monoisotopic (exact) mass is 453 g/mol. The van der Waals surface area contributed by atoms with Crippen LogP contribution in [-0.4, -0.2) is 24.7 Å². The van der Waals surface area contributed by atoms with Gasteiger partial charge in [0.1, 0.15) is 18.1 Å². The summed E-state index contributed by atoms with van der Waals surface area (Å²) in [6.07, 6.45) is 4.36. The first-order valence-corrected chi connectivity index (χ1v) is 11.2. The number of rotatable bonds is 9. The van der Waals surface area contributed by atoms with Crippen LogP contribution in [0.15, 0.2) is 91.3 Å². The minimum absolute atomic E-state index is 0.350. The quantitative estimate of drug-likeness (QED) is 0.289. The standard InChI is InChI=1S/C29H27NO4/c1-21-16-24(29(31)32-2)10-13-28(21)25-17-27(19-30-18-25)34-20-23-8-11-26(12-9-23)33-15-14-22-6-4-3-5-7-22/h3-13,16-19H,14-15,20H2,1-2H3. The number of aryl methyl sites for hydroxylation is 1. The van der Waals surface area contributed by atoms with Gasteiger partial charge in [-0.05, 0) is 59.5 Å². The third-order valence-electron chi connectivity index (χ3n) is 5.50. The number of nitrogens with zero attached hydrogens (tertiary/aromatic N) is 1. The number of benzene rings is 3. The highest BCUT2D eigenvalue weighted by Gasteiger charge is 2.10. The van der Waals surface area contributed by atoms with Crippen molar-refractivity contribution in [3.63, 3.8) is 0 Å². The molecule has 0 radical (unpaired) electrons.